The molecule has 0 saturated carbocycles. The fourth-order valence-corrected chi connectivity index (χ4v) is 1.90. The van der Waals surface area contributed by atoms with Crippen LogP contribution in [0.3, 0.4) is 0 Å². The third kappa shape index (κ3) is 4.28. The quantitative estimate of drug-likeness (QED) is 0.706. The van der Waals surface area contributed by atoms with E-state index >= 15 is 0 Å². The van der Waals surface area contributed by atoms with Crippen molar-refractivity contribution < 1.29 is 0 Å². The van der Waals surface area contributed by atoms with Crippen molar-refractivity contribution in [2.75, 3.05) is 12.4 Å². The number of hydrogen-bond acceptors (Lipinski definition) is 3. The zero-order valence-corrected chi connectivity index (χ0v) is 12.0. The van der Waals surface area contributed by atoms with Gasteiger partial charge in [-0.05, 0) is 34.1 Å². The van der Waals surface area contributed by atoms with Gasteiger partial charge < -0.3 is 0 Å². The monoisotopic (exact) mass is 258 g/mol. The molecule has 1 rings (SSSR count). The summed E-state index contributed by atoms with van der Waals surface area (Å²) in [6.07, 6.45) is 2.64. The molecular formula is C12H23ClN4. The van der Waals surface area contributed by atoms with Gasteiger partial charge in [-0.25, -0.2) is 9.67 Å². The van der Waals surface area contributed by atoms with Crippen molar-refractivity contribution >= 4 is 11.6 Å². The van der Waals surface area contributed by atoms with Crippen molar-refractivity contribution in [3.8, 4) is 0 Å². The molecule has 1 aromatic rings. The van der Waals surface area contributed by atoms with Crippen molar-refractivity contribution in [2.24, 2.45) is 0 Å². The molecule has 1 aromatic heterocycles. The molecule has 0 atom stereocenters. The Morgan fingerprint density at radius 2 is 2.06 bits per heavy atom. The van der Waals surface area contributed by atoms with Gasteiger partial charge in [-0.15, -0.1) is 11.6 Å². The van der Waals surface area contributed by atoms with Crippen LogP contribution in [0.2, 0.25) is 0 Å². The highest BCUT2D eigenvalue weighted by Crippen LogP contribution is 2.10. The summed E-state index contributed by atoms with van der Waals surface area (Å²) >= 11 is 5.75. The van der Waals surface area contributed by atoms with Crippen LogP contribution in [-0.4, -0.2) is 38.1 Å². The number of nitrogens with zero attached hydrogens (tertiary/aromatic N) is 4. The van der Waals surface area contributed by atoms with Crippen LogP contribution in [0.4, 0.5) is 0 Å². The van der Waals surface area contributed by atoms with Gasteiger partial charge in [0.2, 0.25) is 0 Å². The maximum absolute atomic E-state index is 5.75. The van der Waals surface area contributed by atoms with E-state index in [4.69, 9.17) is 11.6 Å². The lowest BCUT2D eigenvalue weighted by molar-refractivity contribution is 0.203. The fourth-order valence-electron chi connectivity index (χ4n) is 1.78. The topological polar surface area (TPSA) is 34.0 Å². The predicted octanol–water partition coefficient (Wildman–Crippen LogP) is 2.70. The molecule has 0 radical (unpaired) electrons. The van der Waals surface area contributed by atoms with Crippen LogP contribution in [0.5, 0.6) is 0 Å². The molecule has 0 unspecified atom stereocenters. The Morgan fingerprint density at radius 3 is 2.59 bits per heavy atom. The molecule has 98 valence electrons. The van der Waals surface area contributed by atoms with Crippen LogP contribution in [-0.2, 0) is 6.54 Å². The van der Waals surface area contributed by atoms with Crippen molar-refractivity contribution in [1.82, 2.24) is 19.7 Å². The summed E-state index contributed by atoms with van der Waals surface area (Å²) in [4.78, 5) is 6.73. The molecule has 0 aliphatic carbocycles. The second-order valence-corrected chi connectivity index (χ2v) is 5.20. The standard InChI is InChI=1S/C12H23ClN4/c1-10(2)16(7-5-6-13)8-12-14-9-15-17(12)11(3)4/h9-11H,5-8H2,1-4H3. The minimum Gasteiger partial charge on any atom is -0.293 e. The van der Waals surface area contributed by atoms with E-state index in [0.717, 1.165) is 25.3 Å². The lowest BCUT2D eigenvalue weighted by atomic mass is 10.3. The van der Waals surface area contributed by atoms with Crippen LogP contribution in [0.1, 0.15) is 46.0 Å². The Kier molecular flexibility index (Phi) is 5.92. The van der Waals surface area contributed by atoms with Gasteiger partial charge in [-0.1, -0.05) is 0 Å². The van der Waals surface area contributed by atoms with Crippen molar-refractivity contribution in [3.05, 3.63) is 12.2 Å². The second kappa shape index (κ2) is 6.97. The molecule has 0 amide bonds. The predicted molar refractivity (Wildman–Crippen MR) is 71.3 cm³/mol. The SMILES string of the molecule is CC(C)N(CCCCl)Cc1ncnn1C(C)C. The van der Waals surface area contributed by atoms with Crippen LogP contribution in [0.25, 0.3) is 0 Å². The fraction of sp³-hybridized carbons (Fsp3) is 0.833. The van der Waals surface area contributed by atoms with Gasteiger partial charge in [-0.2, -0.15) is 5.10 Å². The molecule has 0 N–H and O–H groups in total. The first-order chi connectivity index (χ1) is 8.06. The van der Waals surface area contributed by atoms with Gasteiger partial charge in [0.05, 0.1) is 6.54 Å². The van der Waals surface area contributed by atoms with Crippen LogP contribution >= 0.6 is 11.6 Å². The van der Waals surface area contributed by atoms with Gasteiger partial charge in [-0.3, -0.25) is 4.90 Å². The number of halogens is 1. The average Bonchev–Trinajstić information content (AvgIpc) is 2.71. The first kappa shape index (κ1) is 14.5. The zero-order chi connectivity index (χ0) is 12.8. The third-order valence-corrected chi connectivity index (χ3v) is 3.06. The van der Waals surface area contributed by atoms with Crippen LogP contribution in [0, 0.1) is 0 Å². The Hall–Kier alpha value is -0.610. The molecule has 0 fully saturated rings. The van der Waals surface area contributed by atoms with Gasteiger partial charge >= 0.3 is 0 Å². The van der Waals surface area contributed by atoms with E-state index in [9.17, 15) is 0 Å². The summed E-state index contributed by atoms with van der Waals surface area (Å²) in [6.45, 7) is 10.5. The second-order valence-electron chi connectivity index (χ2n) is 4.82. The van der Waals surface area contributed by atoms with Gasteiger partial charge in [0.25, 0.3) is 0 Å². The Morgan fingerprint density at radius 1 is 1.35 bits per heavy atom. The minimum absolute atomic E-state index is 0.356. The molecule has 5 heteroatoms. The highest BCUT2D eigenvalue weighted by atomic mass is 35.5. The molecule has 17 heavy (non-hydrogen) atoms. The van der Waals surface area contributed by atoms with E-state index in [2.05, 4.69) is 42.7 Å². The van der Waals surface area contributed by atoms with Gasteiger partial charge in [0.1, 0.15) is 12.2 Å². The number of aromatic nitrogens is 3. The van der Waals surface area contributed by atoms with E-state index in [0.29, 0.717) is 18.0 Å². The first-order valence-corrected chi connectivity index (χ1v) is 6.78. The Balaban J connectivity index is 2.68. The number of rotatable bonds is 7. The van der Waals surface area contributed by atoms with Crippen LogP contribution < -0.4 is 0 Å². The molecule has 4 nitrogen and oxygen atoms in total. The molecule has 0 aromatic carbocycles. The van der Waals surface area contributed by atoms with E-state index in [1.54, 1.807) is 6.33 Å². The lowest BCUT2D eigenvalue weighted by Gasteiger charge is -2.26. The molecule has 0 spiro atoms. The molecule has 0 bridgehead atoms. The highest BCUT2D eigenvalue weighted by molar-refractivity contribution is 6.17. The largest absolute Gasteiger partial charge is 0.293 e. The molecule has 0 aliphatic rings. The summed E-state index contributed by atoms with van der Waals surface area (Å²) in [5.41, 5.74) is 0. The normalized spacial score (nSPS) is 12.0. The number of alkyl halides is 1. The van der Waals surface area contributed by atoms with E-state index in [1.165, 1.54) is 0 Å². The Labute approximate surface area is 109 Å². The third-order valence-electron chi connectivity index (χ3n) is 2.79. The minimum atomic E-state index is 0.356. The highest BCUT2D eigenvalue weighted by Gasteiger charge is 2.14. The lowest BCUT2D eigenvalue weighted by Crippen LogP contribution is -2.33. The summed E-state index contributed by atoms with van der Waals surface area (Å²) in [5, 5.41) is 4.26. The van der Waals surface area contributed by atoms with Gasteiger partial charge in [0, 0.05) is 24.5 Å². The van der Waals surface area contributed by atoms with E-state index in [1.807, 2.05) is 4.68 Å². The maximum Gasteiger partial charge on any atom is 0.141 e. The Bertz CT molecular complexity index is 322. The molecule has 1 heterocycles. The average molecular weight is 259 g/mol. The number of hydrogen-bond donors (Lipinski definition) is 0. The van der Waals surface area contributed by atoms with Crippen molar-refractivity contribution in [1.29, 1.82) is 0 Å². The maximum atomic E-state index is 5.75. The zero-order valence-electron chi connectivity index (χ0n) is 11.2. The molecule has 0 aliphatic heterocycles. The summed E-state index contributed by atoms with van der Waals surface area (Å²) in [6, 6.07) is 0.852. The molecular weight excluding hydrogens is 236 g/mol. The summed E-state index contributed by atoms with van der Waals surface area (Å²) < 4.78 is 1.98. The first-order valence-electron chi connectivity index (χ1n) is 6.24. The van der Waals surface area contributed by atoms with E-state index < -0.39 is 0 Å². The van der Waals surface area contributed by atoms with Crippen molar-refractivity contribution in [3.63, 3.8) is 0 Å². The van der Waals surface area contributed by atoms with Gasteiger partial charge in [0.15, 0.2) is 0 Å². The van der Waals surface area contributed by atoms with Crippen LogP contribution in [0.15, 0.2) is 6.33 Å². The molecule has 0 saturated heterocycles. The smallest absolute Gasteiger partial charge is 0.141 e. The van der Waals surface area contributed by atoms with Crippen molar-refractivity contribution in [2.45, 2.75) is 52.7 Å². The summed E-state index contributed by atoms with van der Waals surface area (Å²) in [5.74, 6) is 1.74. The van der Waals surface area contributed by atoms with E-state index in [-0.39, 0.29) is 0 Å². The summed E-state index contributed by atoms with van der Waals surface area (Å²) in [7, 11) is 0.